The number of carbonyl (C=O) groups excluding carboxylic acids is 2. The minimum absolute atomic E-state index is 0.272. The fourth-order valence-electron chi connectivity index (χ4n) is 2.87. The highest BCUT2D eigenvalue weighted by atomic mass is 35.5. The molecule has 1 fully saturated rings. The van der Waals surface area contributed by atoms with Crippen LogP contribution in [-0.4, -0.2) is 35.4 Å². The Morgan fingerprint density at radius 3 is 2.15 bits per heavy atom. The van der Waals surface area contributed by atoms with Gasteiger partial charge in [-0.05, 0) is 59.2 Å². The van der Waals surface area contributed by atoms with Gasteiger partial charge in [0.15, 0.2) is 5.54 Å². The van der Waals surface area contributed by atoms with Crippen molar-refractivity contribution in [1.82, 2.24) is 5.32 Å². The third-order valence-electron chi connectivity index (χ3n) is 3.89. The Kier molecular flexibility index (Phi) is 6.12. The van der Waals surface area contributed by atoms with Crippen LogP contribution in [-0.2, 0) is 19.0 Å². The standard InChI is InChI=1S/C20H28ClNO5/c1-18(2,3)26-16(23)20(22-17(24)27-19(4,5)6)11-12-25-15(20)13-7-9-14(21)10-8-13/h7-10,15H,11-12H2,1-6H3,(H,22,24)/t15-,20+/m1/s1. The molecule has 1 aromatic rings. The number of benzene rings is 1. The van der Waals surface area contributed by atoms with E-state index >= 15 is 0 Å². The van der Waals surface area contributed by atoms with Crippen LogP contribution in [0.15, 0.2) is 24.3 Å². The van der Waals surface area contributed by atoms with Crippen molar-refractivity contribution >= 4 is 23.7 Å². The molecule has 0 unspecified atom stereocenters. The SMILES string of the molecule is CC(C)(C)OC(=O)N[C@@]1(C(=O)OC(C)(C)C)CCO[C@@H]1c1ccc(Cl)cc1. The number of ether oxygens (including phenoxy) is 3. The van der Waals surface area contributed by atoms with Gasteiger partial charge in [0.1, 0.15) is 17.3 Å². The lowest BCUT2D eigenvalue weighted by molar-refractivity contribution is -0.166. The molecule has 1 heterocycles. The summed E-state index contributed by atoms with van der Waals surface area (Å²) in [5, 5.41) is 3.31. The van der Waals surface area contributed by atoms with E-state index in [1.807, 2.05) is 0 Å². The van der Waals surface area contributed by atoms with Crippen molar-refractivity contribution in [1.29, 1.82) is 0 Å². The molecule has 7 heteroatoms. The number of alkyl carbamates (subject to hydrolysis) is 1. The zero-order valence-corrected chi connectivity index (χ0v) is 17.5. The molecule has 150 valence electrons. The summed E-state index contributed by atoms with van der Waals surface area (Å²) in [4.78, 5) is 25.6. The topological polar surface area (TPSA) is 73.9 Å². The van der Waals surface area contributed by atoms with E-state index in [9.17, 15) is 9.59 Å². The molecule has 0 saturated carbocycles. The van der Waals surface area contributed by atoms with Gasteiger partial charge in [-0.2, -0.15) is 0 Å². The summed E-state index contributed by atoms with van der Waals surface area (Å²) in [5.41, 5.74) is -2.08. The third-order valence-corrected chi connectivity index (χ3v) is 4.14. The maximum atomic E-state index is 13.1. The van der Waals surface area contributed by atoms with Crippen LogP contribution < -0.4 is 5.32 Å². The van der Waals surface area contributed by atoms with Crippen molar-refractivity contribution in [3.8, 4) is 0 Å². The molecule has 6 nitrogen and oxygen atoms in total. The zero-order valence-electron chi connectivity index (χ0n) is 16.7. The van der Waals surface area contributed by atoms with Crippen LogP contribution in [0.2, 0.25) is 5.02 Å². The molecule has 0 aliphatic carbocycles. The van der Waals surface area contributed by atoms with Gasteiger partial charge in [-0.3, -0.25) is 0 Å². The largest absolute Gasteiger partial charge is 0.458 e. The highest BCUT2D eigenvalue weighted by Gasteiger charge is 2.55. The molecule has 1 aliphatic heterocycles. The Morgan fingerprint density at radius 2 is 1.63 bits per heavy atom. The Hall–Kier alpha value is -1.79. The first-order valence-electron chi connectivity index (χ1n) is 8.94. The lowest BCUT2D eigenvalue weighted by Gasteiger charge is -2.36. The monoisotopic (exact) mass is 397 g/mol. The maximum absolute atomic E-state index is 13.1. The van der Waals surface area contributed by atoms with Gasteiger partial charge in [0.2, 0.25) is 0 Å². The Balaban J connectivity index is 2.40. The summed E-state index contributed by atoms with van der Waals surface area (Å²) < 4.78 is 16.8. The van der Waals surface area contributed by atoms with Crippen molar-refractivity contribution in [3.63, 3.8) is 0 Å². The van der Waals surface area contributed by atoms with E-state index in [1.165, 1.54) is 0 Å². The Morgan fingerprint density at radius 1 is 1.07 bits per heavy atom. The van der Waals surface area contributed by atoms with Crippen molar-refractivity contribution in [3.05, 3.63) is 34.9 Å². The van der Waals surface area contributed by atoms with E-state index in [0.717, 1.165) is 5.56 Å². The van der Waals surface area contributed by atoms with Crippen molar-refractivity contribution < 1.29 is 23.8 Å². The summed E-state index contributed by atoms with van der Waals surface area (Å²) in [7, 11) is 0. The van der Waals surface area contributed by atoms with Gasteiger partial charge < -0.3 is 19.5 Å². The van der Waals surface area contributed by atoms with Crippen LogP contribution in [0, 0.1) is 0 Å². The smallest absolute Gasteiger partial charge is 0.408 e. The Labute approximate surface area is 165 Å². The minimum Gasteiger partial charge on any atom is -0.458 e. The number of rotatable bonds is 3. The molecule has 1 aliphatic rings. The predicted molar refractivity (Wildman–Crippen MR) is 103 cm³/mol. The third kappa shape index (κ3) is 5.59. The van der Waals surface area contributed by atoms with Crippen molar-refractivity contribution in [2.75, 3.05) is 6.61 Å². The molecule has 1 saturated heterocycles. The maximum Gasteiger partial charge on any atom is 0.408 e. The average Bonchev–Trinajstić information content (AvgIpc) is 2.89. The van der Waals surface area contributed by atoms with Crippen LogP contribution in [0.5, 0.6) is 0 Å². The van der Waals surface area contributed by atoms with Crippen LogP contribution in [0.25, 0.3) is 0 Å². The number of carbonyl (C=O) groups is 2. The van der Waals surface area contributed by atoms with Gasteiger partial charge in [-0.25, -0.2) is 9.59 Å². The number of nitrogens with one attached hydrogen (secondary N) is 1. The second-order valence-corrected chi connectivity index (χ2v) is 9.09. The molecular formula is C20H28ClNO5. The average molecular weight is 398 g/mol. The van der Waals surface area contributed by atoms with E-state index in [4.69, 9.17) is 25.8 Å². The number of amides is 1. The molecule has 27 heavy (non-hydrogen) atoms. The summed E-state index contributed by atoms with van der Waals surface area (Å²) >= 11 is 5.97. The van der Waals surface area contributed by atoms with Gasteiger partial charge >= 0.3 is 12.1 Å². The lowest BCUT2D eigenvalue weighted by atomic mass is 9.86. The summed E-state index contributed by atoms with van der Waals surface area (Å²) in [5.74, 6) is -0.557. The minimum atomic E-state index is -1.39. The molecule has 2 rings (SSSR count). The second kappa shape index (κ2) is 7.68. The molecule has 1 aromatic carbocycles. The van der Waals surface area contributed by atoms with Gasteiger partial charge in [-0.1, -0.05) is 23.7 Å². The summed E-state index contributed by atoms with van der Waals surface area (Å²) in [6.45, 7) is 10.9. The predicted octanol–water partition coefficient (Wildman–Crippen LogP) is 4.41. The van der Waals surface area contributed by atoms with E-state index in [0.29, 0.717) is 11.6 Å². The molecule has 2 atom stereocenters. The molecule has 0 bridgehead atoms. The molecule has 0 spiro atoms. The second-order valence-electron chi connectivity index (χ2n) is 8.65. The highest BCUT2D eigenvalue weighted by Crippen LogP contribution is 2.40. The fourth-order valence-corrected chi connectivity index (χ4v) is 3.00. The molecule has 1 amide bonds. The van der Waals surface area contributed by atoms with Gasteiger partial charge in [0.25, 0.3) is 0 Å². The first-order valence-corrected chi connectivity index (χ1v) is 9.32. The number of hydrogen-bond acceptors (Lipinski definition) is 5. The van der Waals surface area contributed by atoms with Gasteiger partial charge in [0, 0.05) is 11.4 Å². The zero-order chi connectivity index (χ0) is 20.5. The molecule has 0 radical (unpaired) electrons. The van der Waals surface area contributed by atoms with Crippen molar-refractivity contribution in [2.24, 2.45) is 0 Å². The lowest BCUT2D eigenvalue weighted by Crippen LogP contribution is -2.59. The van der Waals surface area contributed by atoms with E-state index in [1.54, 1.807) is 65.8 Å². The summed E-state index contributed by atoms with van der Waals surface area (Å²) in [6.07, 6.45) is -1.14. The van der Waals surface area contributed by atoms with E-state index in [2.05, 4.69) is 5.32 Å². The fraction of sp³-hybridized carbons (Fsp3) is 0.600. The number of halogens is 1. The van der Waals surface area contributed by atoms with Crippen LogP contribution in [0.1, 0.15) is 59.6 Å². The Bertz CT molecular complexity index is 690. The van der Waals surface area contributed by atoms with Crippen LogP contribution in [0.3, 0.4) is 0 Å². The van der Waals surface area contributed by atoms with Crippen LogP contribution in [0.4, 0.5) is 4.79 Å². The first kappa shape index (κ1) is 21.5. The van der Waals surface area contributed by atoms with E-state index in [-0.39, 0.29) is 6.42 Å². The highest BCUT2D eigenvalue weighted by molar-refractivity contribution is 6.30. The molecular weight excluding hydrogens is 370 g/mol. The van der Waals surface area contributed by atoms with Crippen LogP contribution >= 0.6 is 11.6 Å². The summed E-state index contributed by atoms with van der Waals surface area (Å²) in [6, 6.07) is 6.97. The van der Waals surface area contributed by atoms with E-state index < -0.39 is 34.9 Å². The first-order chi connectivity index (χ1) is 12.3. The number of hydrogen-bond donors (Lipinski definition) is 1. The molecule has 1 N–H and O–H groups in total. The number of esters is 1. The van der Waals surface area contributed by atoms with Crippen molar-refractivity contribution in [2.45, 2.75) is 70.8 Å². The normalized spacial score (nSPS) is 23.0. The molecule has 0 aromatic heterocycles. The van der Waals surface area contributed by atoms with Gasteiger partial charge in [0.05, 0.1) is 6.61 Å². The van der Waals surface area contributed by atoms with Gasteiger partial charge in [-0.15, -0.1) is 0 Å². The quantitative estimate of drug-likeness (QED) is 0.765.